The van der Waals surface area contributed by atoms with Crippen LogP contribution in [0.25, 0.3) is 0 Å². The molecule has 0 amide bonds. The van der Waals surface area contributed by atoms with Gasteiger partial charge < -0.3 is 15.2 Å². The third kappa shape index (κ3) is 2.81. The van der Waals surface area contributed by atoms with Gasteiger partial charge in [0.15, 0.2) is 0 Å². The second-order valence-electron chi connectivity index (χ2n) is 4.40. The van der Waals surface area contributed by atoms with Crippen molar-refractivity contribution in [2.45, 2.75) is 25.7 Å². The van der Waals surface area contributed by atoms with E-state index in [0.29, 0.717) is 11.6 Å². The average molecular weight is 221 g/mol. The van der Waals surface area contributed by atoms with Crippen molar-refractivity contribution >= 4 is 5.69 Å². The van der Waals surface area contributed by atoms with Crippen LogP contribution in [-0.4, -0.2) is 13.7 Å². The van der Waals surface area contributed by atoms with Crippen LogP contribution in [0.3, 0.4) is 0 Å². The number of hydrogen-bond donors (Lipinski definition) is 1. The van der Waals surface area contributed by atoms with E-state index in [-0.39, 0.29) is 0 Å². The first-order chi connectivity index (χ1) is 7.78. The molecule has 3 nitrogen and oxygen atoms in total. The summed E-state index contributed by atoms with van der Waals surface area (Å²) in [6.07, 6.45) is 5.27. The molecule has 2 N–H and O–H groups in total. The van der Waals surface area contributed by atoms with E-state index in [1.165, 1.54) is 25.7 Å². The van der Waals surface area contributed by atoms with Gasteiger partial charge in [-0.25, -0.2) is 0 Å². The molecule has 0 atom stereocenters. The summed E-state index contributed by atoms with van der Waals surface area (Å²) < 4.78 is 10.9. The summed E-state index contributed by atoms with van der Waals surface area (Å²) in [7, 11) is 1.63. The van der Waals surface area contributed by atoms with Gasteiger partial charge >= 0.3 is 0 Å². The predicted octanol–water partition coefficient (Wildman–Crippen LogP) is 2.85. The zero-order valence-corrected chi connectivity index (χ0v) is 9.74. The van der Waals surface area contributed by atoms with E-state index in [9.17, 15) is 0 Å². The molecule has 0 bridgehead atoms. The second-order valence-corrected chi connectivity index (χ2v) is 4.40. The first kappa shape index (κ1) is 11.1. The summed E-state index contributed by atoms with van der Waals surface area (Å²) in [5.74, 6) is 2.28. The maximum atomic E-state index is 5.76. The minimum atomic E-state index is 0.681. The Morgan fingerprint density at radius 3 is 2.56 bits per heavy atom. The van der Waals surface area contributed by atoms with Crippen LogP contribution in [0.15, 0.2) is 18.2 Å². The molecule has 1 saturated carbocycles. The quantitative estimate of drug-likeness (QED) is 0.795. The summed E-state index contributed by atoms with van der Waals surface area (Å²) >= 11 is 0. The van der Waals surface area contributed by atoms with Crippen molar-refractivity contribution in [3.8, 4) is 11.5 Å². The van der Waals surface area contributed by atoms with Crippen LogP contribution in [0.1, 0.15) is 25.7 Å². The van der Waals surface area contributed by atoms with Crippen molar-refractivity contribution in [1.29, 1.82) is 0 Å². The monoisotopic (exact) mass is 221 g/mol. The molecule has 1 aliphatic carbocycles. The Morgan fingerprint density at radius 2 is 1.88 bits per heavy atom. The molecular formula is C13H19NO2. The highest BCUT2D eigenvalue weighted by molar-refractivity contribution is 5.50. The fraction of sp³-hybridized carbons (Fsp3) is 0.538. The number of methoxy groups -OCH3 is 1. The minimum absolute atomic E-state index is 0.681. The van der Waals surface area contributed by atoms with Crippen molar-refractivity contribution in [3.05, 3.63) is 18.2 Å². The Bertz CT molecular complexity index is 346. The highest BCUT2D eigenvalue weighted by atomic mass is 16.5. The Hall–Kier alpha value is -1.38. The Morgan fingerprint density at radius 1 is 1.19 bits per heavy atom. The smallest absolute Gasteiger partial charge is 0.125 e. The van der Waals surface area contributed by atoms with Crippen LogP contribution in [-0.2, 0) is 0 Å². The Balaban J connectivity index is 1.94. The van der Waals surface area contributed by atoms with Crippen molar-refractivity contribution in [1.82, 2.24) is 0 Å². The number of benzene rings is 1. The van der Waals surface area contributed by atoms with Gasteiger partial charge in [-0.15, -0.1) is 0 Å². The molecule has 0 aromatic heterocycles. The maximum Gasteiger partial charge on any atom is 0.125 e. The van der Waals surface area contributed by atoms with E-state index in [0.717, 1.165) is 18.1 Å². The fourth-order valence-electron chi connectivity index (χ4n) is 2.19. The normalized spacial score (nSPS) is 16.3. The van der Waals surface area contributed by atoms with Gasteiger partial charge in [-0.2, -0.15) is 0 Å². The van der Waals surface area contributed by atoms with Crippen LogP contribution in [0, 0.1) is 5.92 Å². The van der Waals surface area contributed by atoms with Crippen molar-refractivity contribution < 1.29 is 9.47 Å². The highest BCUT2D eigenvalue weighted by Crippen LogP contribution is 2.28. The van der Waals surface area contributed by atoms with Gasteiger partial charge in [-0.3, -0.25) is 0 Å². The van der Waals surface area contributed by atoms with E-state index in [1.54, 1.807) is 13.2 Å². The minimum Gasteiger partial charge on any atom is -0.497 e. The molecule has 1 aromatic carbocycles. The zero-order valence-electron chi connectivity index (χ0n) is 9.74. The maximum absolute atomic E-state index is 5.76. The van der Waals surface area contributed by atoms with Gasteiger partial charge in [-0.1, -0.05) is 12.8 Å². The van der Waals surface area contributed by atoms with Crippen molar-refractivity contribution in [2.75, 3.05) is 19.5 Å². The third-order valence-corrected chi connectivity index (χ3v) is 3.10. The number of rotatable bonds is 4. The molecular weight excluding hydrogens is 202 g/mol. The third-order valence-electron chi connectivity index (χ3n) is 3.10. The molecule has 1 aromatic rings. The number of anilines is 1. The molecule has 16 heavy (non-hydrogen) atoms. The SMILES string of the molecule is COc1cc(N)cc(OCC2CCCC2)c1. The van der Waals surface area contributed by atoms with Crippen molar-refractivity contribution in [3.63, 3.8) is 0 Å². The van der Waals surface area contributed by atoms with Crippen LogP contribution in [0.2, 0.25) is 0 Å². The lowest BCUT2D eigenvalue weighted by atomic mass is 10.1. The fourth-order valence-corrected chi connectivity index (χ4v) is 2.19. The Kier molecular flexibility index (Phi) is 3.54. The van der Waals surface area contributed by atoms with Gasteiger partial charge in [-0.05, 0) is 18.8 Å². The standard InChI is InChI=1S/C13H19NO2/c1-15-12-6-11(14)7-13(8-12)16-9-10-4-2-3-5-10/h6-8,10H,2-5,9,14H2,1H3. The molecule has 0 unspecified atom stereocenters. The zero-order chi connectivity index (χ0) is 11.4. The number of nitrogens with two attached hydrogens (primary N) is 1. The highest BCUT2D eigenvalue weighted by Gasteiger charge is 2.15. The summed E-state index contributed by atoms with van der Waals surface area (Å²) in [5.41, 5.74) is 6.44. The molecule has 1 fully saturated rings. The molecule has 0 spiro atoms. The van der Waals surface area contributed by atoms with E-state index in [4.69, 9.17) is 15.2 Å². The summed E-state index contributed by atoms with van der Waals surface area (Å²) in [6, 6.07) is 5.52. The molecule has 2 rings (SSSR count). The number of hydrogen-bond acceptors (Lipinski definition) is 3. The molecule has 3 heteroatoms. The lowest BCUT2D eigenvalue weighted by molar-refractivity contribution is 0.251. The van der Waals surface area contributed by atoms with Crippen LogP contribution < -0.4 is 15.2 Å². The van der Waals surface area contributed by atoms with E-state index in [2.05, 4.69) is 0 Å². The predicted molar refractivity (Wildman–Crippen MR) is 64.9 cm³/mol. The molecule has 88 valence electrons. The lowest BCUT2D eigenvalue weighted by Crippen LogP contribution is -2.08. The summed E-state index contributed by atoms with van der Waals surface area (Å²) in [4.78, 5) is 0. The van der Waals surface area contributed by atoms with Gasteiger partial charge in [0, 0.05) is 23.9 Å². The summed E-state index contributed by atoms with van der Waals surface area (Å²) in [5, 5.41) is 0. The number of nitrogen functional groups attached to an aromatic ring is 1. The molecule has 1 aliphatic rings. The molecule has 0 heterocycles. The average Bonchev–Trinajstić information content (AvgIpc) is 2.78. The molecule has 0 radical (unpaired) electrons. The van der Waals surface area contributed by atoms with Gasteiger partial charge in [0.05, 0.1) is 13.7 Å². The van der Waals surface area contributed by atoms with Crippen LogP contribution >= 0.6 is 0 Å². The van der Waals surface area contributed by atoms with E-state index in [1.807, 2.05) is 12.1 Å². The van der Waals surface area contributed by atoms with Crippen molar-refractivity contribution in [2.24, 2.45) is 5.92 Å². The van der Waals surface area contributed by atoms with E-state index < -0.39 is 0 Å². The van der Waals surface area contributed by atoms with E-state index >= 15 is 0 Å². The van der Waals surface area contributed by atoms with Gasteiger partial charge in [0.25, 0.3) is 0 Å². The van der Waals surface area contributed by atoms with Gasteiger partial charge in [0.1, 0.15) is 11.5 Å². The second kappa shape index (κ2) is 5.10. The first-order valence-electron chi connectivity index (χ1n) is 5.85. The van der Waals surface area contributed by atoms with Crippen LogP contribution in [0.4, 0.5) is 5.69 Å². The first-order valence-corrected chi connectivity index (χ1v) is 5.85. The lowest BCUT2D eigenvalue weighted by Gasteiger charge is -2.12. The summed E-state index contributed by atoms with van der Waals surface area (Å²) in [6.45, 7) is 0.798. The largest absolute Gasteiger partial charge is 0.497 e. The molecule has 0 aliphatic heterocycles. The van der Waals surface area contributed by atoms with Gasteiger partial charge in [0.2, 0.25) is 0 Å². The molecule has 0 saturated heterocycles. The number of ether oxygens (including phenoxy) is 2. The topological polar surface area (TPSA) is 44.5 Å². The van der Waals surface area contributed by atoms with Crippen LogP contribution in [0.5, 0.6) is 11.5 Å². The Labute approximate surface area is 96.5 Å².